The van der Waals surface area contributed by atoms with Gasteiger partial charge in [-0.3, -0.25) is 9.69 Å². The second-order valence-electron chi connectivity index (χ2n) is 8.05. The summed E-state index contributed by atoms with van der Waals surface area (Å²) in [5, 5.41) is 3.91. The molecule has 1 aliphatic heterocycles. The fraction of sp³-hybridized carbons (Fsp3) is 0.192. The molecule has 0 spiro atoms. The van der Waals surface area contributed by atoms with E-state index < -0.39 is 11.7 Å². The predicted octanol–water partition coefficient (Wildman–Crippen LogP) is 5.16. The number of carbonyl (C=O) groups is 1. The van der Waals surface area contributed by atoms with E-state index in [9.17, 15) is 9.18 Å². The molecule has 0 saturated heterocycles. The van der Waals surface area contributed by atoms with Crippen molar-refractivity contribution in [3.63, 3.8) is 0 Å². The third kappa shape index (κ3) is 4.09. The summed E-state index contributed by atoms with van der Waals surface area (Å²) in [6.45, 7) is 3.04. The number of aromatic amines is 1. The first-order chi connectivity index (χ1) is 15.2. The van der Waals surface area contributed by atoms with Crippen LogP contribution in [0.15, 0.2) is 72.9 Å². The summed E-state index contributed by atoms with van der Waals surface area (Å²) in [7, 11) is 0. The Morgan fingerprint density at radius 3 is 2.71 bits per heavy atom. The van der Waals surface area contributed by atoms with Gasteiger partial charge in [-0.2, -0.15) is 0 Å². The molecule has 2 N–H and O–H groups in total. The molecule has 1 aromatic heterocycles. The summed E-state index contributed by atoms with van der Waals surface area (Å²) in [6.07, 6.45) is 4.06. The summed E-state index contributed by atoms with van der Waals surface area (Å²) >= 11 is 0. The average molecular weight is 413 g/mol. The van der Waals surface area contributed by atoms with E-state index in [1.54, 1.807) is 12.1 Å². The average Bonchev–Trinajstić information content (AvgIpc) is 3.20. The van der Waals surface area contributed by atoms with Crippen molar-refractivity contribution in [1.82, 2.24) is 9.88 Å². The Morgan fingerprint density at radius 2 is 1.84 bits per heavy atom. The van der Waals surface area contributed by atoms with Gasteiger partial charge in [0.15, 0.2) is 0 Å². The number of halogens is 1. The molecule has 0 atom stereocenters. The highest BCUT2D eigenvalue weighted by molar-refractivity contribution is 6.05. The maximum atomic E-state index is 13.9. The Bertz CT molecular complexity index is 1250. The first kappa shape index (κ1) is 19.5. The molecule has 4 nitrogen and oxygen atoms in total. The van der Waals surface area contributed by atoms with E-state index in [2.05, 4.69) is 39.5 Å². The number of nitrogens with one attached hydrogen (secondary N) is 2. The van der Waals surface area contributed by atoms with E-state index in [1.807, 2.05) is 24.4 Å². The number of amides is 1. The zero-order chi connectivity index (χ0) is 21.2. The van der Waals surface area contributed by atoms with Crippen LogP contribution in [-0.4, -0.2) is 28.9 Å². The zero-order valence-electron chi connectivity index (χ0n) is 17.2. The lowest BCUT2D eigenvalue weighted by atomic mass is 9.99. The fourth-order valence-corrected chi connectivity index (χ4v) is 4.33. The van der Waals surface area contributed by atoms with Gasteiger partial charge >= 0.3 is 0 Å². The summed E-state index contributed by atoms with van der Waals surface area (Å²) in [5.41, 5.74) is 5.83. The normalized spacial score (nSPS) is 13.8. The van der Waals surface area contributed by atoms with Crippen molar-refractivity contribution < 1.29 is 9.18 Å². The van der Waals surface area contributed by atoms with E-state index in [-0.39, 0.29) is 5.56 Å². The van der Waals surface area contributed by atoms with Crippen molar-refractivity contribution in [2.45, 2.75) is 19.4 Å². The molecule has 0 aliphatic carbocycles. The molecule has 0 radical (unpaired) electrons. The van der Waals surface area contributed by atoms with Gasteiger partial charge in [-0.05, 0) is 59.9 Å². The molecule has 1 amide bonds. The Kier molecular flexibility index (Phi) is 5.26. The van der Waals surface area contributed by atoms with Crippen LogP contribution >= 0.6 is 0 Å². The fourth-order valence-electron chi connectivity index (χ4n) is 4.33. The molecule has 4 aromatic rings. The van der Waals surface area contributed by atoms with Gasteiger partial charge in [0.2, 0.25) is 0 Å². The monoisotopic (exact) mass is 413 g/mol. The minimum atomic E-state index is -0.522. The van der Waals surface area contributed by atoms with Crippen molar-refractivity contribution in [2.75, 3.05) is 18.4 Å². The quantitative estimate of drug-likeness (QED) is 0.475. The SMILES string of the molecule is O=C(Nc1ccc2[nH]cc(CCN3CCc4ccccc4C3)c2c1)c1ccccc1F. The first-order valence-electron chi connectivity index (χ1n) is 10.6. The van der Waals surface area contributed by atoms with Crippen molar-refractivity contribution in [3.8, 4) is 0 Å². The highest BCUT2D eigenvalue weighted by Gasteiger charge is 2.16. The minimum absolute atomic E-state index is 0.0438. The van der Waals surface area contributed by atoms with Crippen LogP contribution in [0.25, 0.3) is 10.9 Å². The summed E-state index contributed by atoms with van der Waals surface area (Å²) in [6, 6.07) is 20.4. The van der Waals surface area contributed by atoms with E-state index >= 15 is 0 Å². The number of nitrogens with zero attached hydrogens (tertiary/aromatic N) is 1. The number of anilines is 1. The number of hydrogen-bond donors (Lipinski definition) is 2. The maximum Gasteiger partial charge on any atom is 0.258 e. The predicted molar refractivity (Wildman–Crippen MR) is 122 cm³/mol. The van der Waals surface area contributed by atoms with Crippen LogP contribution in [-0.2, 0) is 19.4 Å². The van der Waals surface area contributed by atoms with Gasteiger partial charge in [-0.1, -0.05) is 36.4 Å². The first-order valence-corrected chi connectivity index (χ1v) is 10.6. The topological polar surface area (TPSA) is 48.1 Å². The Hall–Kier alpha value is -3.44. The van der Waals surface area contributed by atoms with Gasteiger partial charge in [0.25, 0.3) is 5.91 Å². The van der Waals surface area contributed by atoms with E-state index in [1.165, 1.54) is 28.8 Å². The number of H-pyrrole nitrogens is 1. The number of aromatic nitrogens is 1. The number of benzene rings is 3. The molecule has 0 fully saturated rings. The van der Waals surface area contributed by atoms with Crippen LogP contribution in [0.4, 0.5) is 10.1 Å². The smallest absolute Gasteiger partial charge is 0.258 e. The van der Waals surface area contributed by atoms with Crippen molar-refractivity contribution in [2.24, 2.45) is 0 Å². The van der Waals surface area contributed by atoms with E-state index in [4.69, 9.17) is 0 Å². The van der Waals surface area contributed by atoms with Gasteiger partial charge < -0.3 is 10.3 Å². The Labute approximate surface area is 180 Å². The molecule has 1 aliphatic rings. The molecule has 5 heteroatoms. The largest absolute Gasteiger partial charge is 0.361 e. The van der Waals surface area contributed by atoms with Crippen molar-refractivity contribution in [1.29, 1.82) is 0 Å². The summed E-state index contributed by atoms with van der Waals surface area (Å²) in [5.74, 6) is -0.965. The molecule has 0 bridgehead atoms. The number of rotatable bonds is 5. The number of fused-ring (bicyclic) bond motifs is 2. The molecule has 0 unspecified atom stereocenters. The lowest BCUT2D eigenvalue weighted by Gasteiger charge is -2.28. The Balaban J connectivity index is 1.29. The molecular weight excluding hydrogens is 389 g/mol. The minimum Gasteiger partial charge on any atom is -0.361 e. The zero-order valence-corrected chi connectivity index (χ0v) is 17.2. The van der Waals surface area contributed by atoms with Gasteiger partial charge in [0.1, 0.15) is 5.82 Å². The van der Waals surface area contributed by atoms with Gasteiger partial charge in [-0.15, -0.1) is 0 Å². The third-order valence-electron chi connectivity index (χ3n) is 6.05. The van der Waals surface area contributed by atoms with Crippen LogP contribution in [0.1, 0.15) is 27.0 Å². The molecular formula is C26H24FN3O. The van der Waals surface area contributed by atoms with Gasteiger partial charge in [-0.25, -0.2) is 4.39 Å². The molecule has 0 saturated carbocycles. The van der Waals surface area contributed by atoms with Crippen LogP contribution in [0.3, 0.4) is 0 Å². The number of hydrogen-bond acceptors (Lipinski definition) is 2. The molecule has 31 heavy (non-hydrogen) atoms. The lowest BCUT2D eigenvalue weighted by molar-refractivity contribution is 0.102. The van der Waals surface area contributed by atoms with Crippen LogP contribution in [0.5, 0.6) is 0 Å². The second kappa shape index (κ2) is 8.36. The standard InChI is InChI=1S/C26H24FN3O/c27-24-8-4-3-7-22(24)26(31)29-21-9-10-25-23(15-21)19(16-28-25)12-14-30-13-11-18-5-1-2-6-20(18)17-30/h1-10,15-16,28H,11-14,17H2,(H,29,31). The Morgan fingerprint density at radius 1 is 1.03 bits per heavy atom. The molecule has 5 rings (SSSR count). The van der Waals surface area contributed by atoms with Crippen molar-refractivity contribution in [3.05, 3.63) is 101 Å². The van der Waals surface area contributed by atoms with E-state index in [0.717, 1.165) is 43.4 Å². The highest BCUT2D eigenvalue weighted by Crippen LogP contribution is 2.25. The highest BCUT2D eigenvalue weighted by atomic mass is 19.1. The molecule has 3 aromatic carbocycles. The summed E-state index contributed by atoms with van der Waals surface area (Å²) < 4.78 is 13.9. The van der Waals surface area contributed by atoms with Crippen LogP contribution < -0.4 is 5.32 Å². The van der Waals surface area contributed by atoms with Crippen LogP contribution in [0, 0.1) is 5.82 Å². The summed E-state index contributed by atoms with van der Waals surface area (Å²) in [4.78, 5) is 18.3. The van der Waals surface area contributed by atoms with Gasteiger partial charge in [0.05, 0.1) is 5.56 Å². The van der Waals surface area contributed by atoms with Crippen molar-refractivity contribution >= 4 is 22.5 Å². The molecule has 2 heterocycles. The number of carbonyl (C=O) groups excluding carboxylic acids is 1. The molecule has 156 valence electrons. The maximum absolute atomic E-state index is 13.9. The lowest BCUT2D eigenvalue weighted by Crippen LogP contribution is -2.32. The third-order valence-corrected chi connectivity index (χ3v) is 6.05. The van der Waals surface area contributed by atoms with Gasteiger partial charge in [0, 0.05) is 42.4 Å². The second-order valence-corrected chi connectivity index (χ2v) is 8.05. The van der Waals surface area contributed by atoms with E-state index in [0.29, 0.717) is 5.69 Å². The van der Waals surface area contributed by atoms with Crippen LogP contribution in [0.2, 0.25) is 0 Å².